The van der Waals surface area contributed by atoms with Crippen LogP contribution < -0.4 is 0 Å². The quantitative estimate of drug-likeness (QED) is 0.836. The van der Waals surface area contributed by atoms with Crippen LogP contribution in [0, 0.1) is 6.92 Å². The molecule has 0 amide bonds. The lowest BCUT2D eigenvalue weighted by atomic mass is 10.2. The molecule has 0 spiro atoms. The second-order valence-corrected chi connectivity index (χ2v) is 8.99. The molecule has 0 aromatic heterocycles. The third-order valence-corrected chi connectivity index (χ3v) is 6.99. The van der Waals surface area contributed by atoms with Crippen LogP contribution in [0.25, 0.3) is 0 Å². The van der Waals surface area contributed by atoms with Gasteiger partial charge in [-0.15, -0.1) is 11.8 Å². The first kappa shape index (κ1) is 15.1. The molecule has 1 aromatic carbocycles. The summed E-state index contributed by atoms with van der Waals surface area (Å²) in [6, 6.07) is 6.91. The summed E-state index contributed by atoms with van der Waals surface area (Å²) in [5.41, 5.74) is 1.04. The summed E-state index contributed by atoms with van der Waals surface area (Å²) in [4.78, 5) is 0.323. The minimum Gasteiger partial charge on any atom is -0.343 e. The predicted octanol–water partition coefficient (Wildman–Crippen LogP) is 2.88. The molecule has 2 aliphatic rings. The zero-order chi connectivity index (χ0) is 15.3. The highest BCUT2D eigenvalue weighted by Gasteiger charge is 2.43. The molecule has 3 rings (SSSR count). The Morgan fingerprint density at radius 2 is 1.86 bits per heavy atom. The van der Waals surface area contributed by atoms with Gasteiger partial charge in [0.15, 0.2) is 5.79 Å². The Balaban J connectivity index is 1.92. The standard InChI is InChI=1S/C15H18O4S2/c1-10-4-6-11(7-5-10)21(16,17)14-8-12-13(9-20-14)19-15(2,3)18-12/h4-8,12-13H,9H2,1-3H3/t12-,13+/m0/s1. The number of rotatable bonds is 2. The van der Waals surface area contributed by atoms with E-state index in [9.17, 15) is 8.42 Å². The van der Waals surface area contributed by atoms with Crippen molar-refractivity contribution in [3.63, 3.8) is 0 Å². The van der Waals surface area contributed by atoms with Crippen molar-refractivity contribution in [2.45, 2.75) is 43.7 Å². The van der Waals surface area contributed by atoms with Crippen molar-refractivity contribution < 1.29 is 17.9 Å². The fraction of sp³-hybridized carbons (Fsp3) is 0.467. The van der Waals surface area contributed by atoms with E-state index in [4.69, 9.17) is 9.47 Å². The number of benzene rings is 1. The van der Waals surface area contributed by atoms with Crippen LogP contribution in [0.2, 0.25) is 0 Å². The lowest BCUT2D eigenvalue weighted by Gasteiger charge is -2.21. The largest absolute Gasteiger partial charge is 0.343 e. The molecule has 2 heterocycles. The predicted molar refractivity (Wildman–Crippen MR) is 82.7 cm³/mol. The number of ether oxygens (including phenoxy) is 2. The highest BCUT2D eigenvalue weighted by molar-refractivity contribution is 8.18. The summed E-state index contributed by atoms with van der Waals surface area (Å²) in [5.74, 6) is -0.0690. The Morgan fingerprint density at radius 1 is 1.19 bits per heavy atom. The van der Waals surface area contributed by atoms with Crippen LogP contribution in [0.4, 0.5) is 0 Å². The third-order valence-electron chi connectivity index (χ3n) is 3.51. The van der Waals surface area contributed by atoms with Gasteiger partial charge in [0.05, 0.1) is 4.90 Å². The molecular weight excluding hydrogens is 308 g/mol. The van der Waals surface area contributed by atoms with Gasteiger partial charge in [-0.2, -0.15) is 0 Å². The van der Waals surface area contributed by atoms with Crippen LogP contribution >= 0.6 is 11.8 Å². The van der Waals surface area contributed by atoms with Crippen molar-refractivity contribution >= 4 is 21.6 Å². The van der Waals surface area contributed by atoms with E-state index in [0.717, 1.165) is 5.56 Å². The smallest absolute Gasteiger partial charge is 0.212 e. The molecule has 114 valence electrons. The SMILES string of the molecule is Cc1ccc(S(=O)(=O)C2=C[C@@H]3OC(C)(C)O[C@@H]3CS2)cc1. The van der Waals surface area contributed by atoms with Crippen molar-refractivity contribution in [1.82, 2.24) is 0 Å². The summed E-state index contributed by atoms with van der Waals surface area (Å²) < 4.78 is 37.2. The highest BCUT2D eigenvalue weighted by atomic mass is 32.3. The molecule has 4 nitrogen and oxygen atoms in total. The summed E-state index contributed by atoms with van der Waals surface area (Å²) in [6.45, 7) is 5.62. The molecular formula is C15H18O4S2. The van der Waals surface area contributed by atoms with E-state index < -0.39 is 15.6 Å². The Morgan fingerprint density at radius 3 is 2.52 bits per heavy atom. The number of aryl methyl sites for hydroxylation is 1. The zero-order valence-corrected chi connectivity index (χ0v) is 13.8. The Hall–Kier alpha value is -0.820. The van der Waals surface area contributed by atoms with Crippen molar-refractivity contribution in [3.05, 3.63) is 40.1 Å². The normalized spacial score (nSPS) is 28.0. The van der Waals surface area contributed by atoms with Crippen LogP contribution in [-0.2, 0) is 19.3 Å². The van der Waals surface area contributed by atoms with Crippen molar-refractivity contribution in [1.29, 1.82) is 0 Å². The molecule has 0 aliphatic carbocycles. The molecule has 0 N–H and O–H groups in total. The maximum atomic E-state index is 12.7. The van der Waals surface area contributed by atoms with Gasteiger partial charge < -0.3 is 9.47 Å². The second-order valence-electron chi connectivity index (χ2n) is 5.75. The van der Waals surface area contributed by atoms with Gasteiger partial charge in [-0.3, -0.25) is 0 Å². The van der Waals surface area contributed by atoms with E-state index in [2.05, 4.69) is 0 Å². The lowest BCUT2D eigenvalue weighted by Crippen LogP contribution is -2.28. The second kappa shape index (κ2) is 5.12. The topological polar surface area (TPSA) is 52.6 Å². The van der Waals surface area contributed by atoms with Crippen molar-refractivity contribution in [2.24, 2.45) is 0 Å². The van der Waals surface area contributed by atoms with E-state index in [0.29, 0.717) is 14.9 Å². The van der Waals surface area contributed by atoms with Gasteiger partial charge in [0.1, 0.15) is 16.4 Å². The number of hydrogen-bond acceptors (Lipinski definition) is 5. The highest BCUT2D eigenvalue weighted by Crippen LogP contribution is 2.40. The minimum atomic E-state index is -3.47. The van der Waals surface area contributed by atoms with Crippen LogP contribution in [0.3, 0.4) is 0 Å². The summed E-state index contributed by atoms with van der Waals surface area (Å²) >= 11 is 1.31. The molecule has 0 bridgehead atoms. The van der Waals surface area contributed by atoms with E-state index in [1.165, 1.54) is 11.8 Å². The van der Waals surface area contributed by atoms with Gasteiger partial charge in [0, 0.05) is 5.75 Å². The third kappa shape index (κ3) is 2.90. The fourth-order valence-electron chi connectivity index (χ4n) is 2.48. The van der Waals surface area contributed by atoms with Gasteiger partial charge >= 0.3 is 0 Å². The van der Waals surface area contributed by atoms with E-state index in [1.54, 1.807) is 18.2 Å². The average molecular weight is 326 g/mol. The van der Waals surface area contributed by atoms with Gasteiger partial charge in [0.25, 0.3) is 0 Å². The molecule has 0 unspecified atom stereocenters. The molecule has 0 radical (unpaired) electrons. The molecule has 2 atom stereocenters. The molecule has 1 aromatic rings. The van der Waals surface area contributed by atoms with E-state index >= 15 is 0 Å². The monoisotopic (exact) mass is 326 g/mol. The maximum absolute atomic E-state index is 12.7. The van der Waals surface area contributed by atoms with Crippen LogP contribution in [0.1, 0.15) is 19.4 Å². The summed E-state index contributed by atoms with van der Waals surface area (Å²) in [7, 11) is -3.47. The van der Waals surface area contributed by atoms with Gasteiger partial charge in [-0.25, -0.2) is 8.42 Å². The fourth-order valence-corrected chi connectivity index (χ4v) is 5.45. The van der Waals surface area contributed by atoms with Crippen molar-refractivity contribution in [2.75, 3.05) is 5.75 Å². The van der Waals surface area contributed by atoms with Crippen molar-refractivity contribution in [3.8, 4) is 0 Å². The van der Waals surface area contributed by atoms with Gasteiger partial charge in [0.2, 0.25) is 9.84 Å². The molecule has 2 aliphatic heterocycles. The maximum Gasteiger partial charge on any atom is 0.212 e. The number of thioether (sulfide) groups is 1. The van der Waals surface area contributed by atoms with Gasteiger partial charge in [-0.05, 0) is 39.0 Å². The van der Waals surface area contributed by atoms with Crippen LogP contribution in [0.15, 0.2) is 39.5 Å². The molecule has 1 fully saturated rings. The molecule has 21 heavy (non-hydrogen) atoms. The van der Waals surface area contributed by atoms with Gasteiger partial charge in [-0.1, -0.05) is 17.7 Å². The Bertz CT molecular complexity index is 674. The summed E-state index contributed by atoms with van der Waals surface area (Å²) in [6.07, 6.45) is 1.31. The Kier molecular flexibility index (Phi) is 3.68. The number of fused-ring (bicyclic) bond motifs is 1. The minimum absolute atomic E-state index is 0.0815. The average Bonchev–Trinajstić information content (AvgIpc) is 2.71. The Labute approximate surface area is 129 Å². The number of sulfone groups is 1. The first-order valence-electron chi connectivity index (χ1n) is 6.80. The molecule has 0 saturated carbocycles. The number of hydrogen-bond donors (Lipinski definition) is 0. The lowest BCUT2D eigenvalue weighted by molar-refractivity contribution is -0.140. The van der Waals surface area contributed by atoms with E-state index in [-0.39, 0.29) is 12.2 Å². The molecule has 6 heteroatoms. The zero-order valence-electron chi connectivity index (χ0n) is 12.2. The summed E-state index contributed by atoms with van der Waals surface area (Å²) in [5, 5.41) is 0. The van der Waals surface area contributed by atoms with E-state index in [1.807, 2.05) is 32.9 Å². The first-order chi connectivity index (χ1) is 9.78. The molecule has 1 saturated heterocycles. The first-order valence-corrected chi connectivity index (χ1v) is 9.27. The van der Waals surface area contributed by atoms with Crippen LogP contribution in [0.5, 0.6) is 0 Å². The van der Waals surface area contributed by atoms with Crippen LogP contribution in [-0.4, -0.2) is 32.2 Å².